The summed E-state index contributed by atoms with van der Waals surface area (Å²) in [6, 6.07) is 2.22. The lowest BCUT2D eigenvalue weighted by Gasteiger charge is -2.17. The molecule has 3 heteroatoms. The molecule has 0 aromatic carbocycles. The second kappa shape index (κ2) is 25.4. The van der Waals surface area contributed by atoms with E-state index >= 15 is 0 Å². The van der Waals surface area contributed by atoms with Crippen molar-refractivity contribution in [3.8, 4) is 6.07 Å². The van der Waals surface area contributed by atoms with Gasteiger partial charge in [-0.1, -0.05) is 117 Å². The number of hydrogen-bond acceptors (Lipinski definition) is 3. The van der Waals surface area contributed by atoms with Gasteiger partial charge < -0.3 is 9.47 Å². The number of ether oxygens (including phenoxy) is 2. The Bertz CT molecular complexity index is 316. The van der Waals surface area contributed by atoms with Crippen molar-refractivity contribution in [1.29, 1.82) is 5.26 Å². The first-order valence-corrected chi connectivity index (χ1v) is 12.9. The quantitative estimate of drug-likeness (QED) is 0.118. The Balaban J connectivity index is 3.53. The molecular weight excluding hydrogens is 358 g/mol. The average Bonchev–Trinajstić information content (AvgIpc) is 2.74. The van der Waals surface area contributed by atoms with E-state index in [1.807, 2.05) is 0 Å². The van der Waals surface area contributed by atoms with Gasteiger partial charge in [0.25, 0.3) is 0 Å². The Morgan fingerprint density at radius 3 is 1.24 bits per heavy atom. The Hall–Kier alpha value is -0.590. The molecule has 3 nitrogen and oxygen atoms in total. The lowest BCUT2D eigenvalue weighted by Crippen LogP contribution is -2.18. The number of hydrogen-bond donors (Lipinski definition) is 0. The molecule has 0 amide bonds. The Morgan fingerprint density at radius 2 is 0.897 bits per heavy atom. The maximum atomic E-state index is 8.85. The molecule has 0 bridgehead atoms. The van der Waals surface area contributed by atoms with Crippen LogP contribution >= 0.6 is 0 Å². The molecule has 29 heavy (non-hydrogen) atoms. The third-order valence-electron chi connectivity index (χ3n) is 5.60. The van der Waals surface area contributed by atoms with Crippen molar-refractivity contribution in [3.05, 3.63) is 0 Å². The lowest BCUT2D eigenvalue weighted by atomic mass is 10.1. The van der Waals surface area contributed by atoms with E-state index in [1.54, 1.807) is 0 Å². The average molecular weight is 410 g/mol. The molecular formula is C26H51NO2. The molecule has 0 aromatic rings. The van der Waals surface area contributed by atoms with Gasteiger partial charge in [0.2, 0.25) is 0 Å². The van der Waals surface area contributed by atoms with Crippen LogP contribution in [0.5, 0.6) is 0 Å². The first-order valence-electron chi connectivity index (χ1n) is 12.9. The van der Waals surface area contributed by atoms with Crippen LogP contribution in [0.4, 0.5) is 0 Å². The summed E-state index contributed by atoms with van der Waals surface area (Å²) in [5.41, 5.74) is 0. The Kier molecular flexibility index (Phi) is 24.9. The number of unbranched alkanes of at least 4 members (excludes halogenated alkanes) is 16. The molecule has 0 radical (unpaired) electrons. The van der Waals surface area contributed by atoms with Gasteiger partial charge in [-0.15, -0.1) is 0 Å². The van der Waals surface area contributed by atoms with Gasteiger partial charge in [-0.3, -0.25) is 0 Å². The molecule has 0 spiro atoms. The van der Waals surface area contributed by atoms with E-state index in [4.69, 9.17) is 14.7 Å². The molecule has 0 unspecified atom stereocenters. The Labute approximate surface area is 182 Å². The standard InChI is InChI=1S/C26H51NO2/c1-3-5-7-9-11-13-15-17-19-24-28-26(22-21-23-27)29-25-20-18-16-14-12-10-8-6-4-2/h26H,3-22,24-25H2,1-2H3. The summed E-state index contributed by atoms with van der Waals surface area (Å²) >= 11 is 0. The minimum Gasteiger partial charge on any atom is -0.353 e. The SMILES string of the molecule is CCCCCCCCCCCOC(CCC#N)OCCCCCCCCCCC. The highest BCUT2D eigenvalue weighted by molar-refractivity contribution is 4.69. The van der Waals surface area contributed by atoms with Crippen LogP contribution in [0.3, 0.4) is 0 Å². The fraction of sp³-hybridized carbons (Fsp3) is 0.962. The molecule has 0 N–H and O–H groups in total. The number of nitrogens with zero attached hydrogens (tertiary/aromatic N) is 1. The fourth-order valence-electron chi connectivity index (χ4n) is 3.65. The molecule has 0 aliphatic rings. The van der Waals surface area contributed by atoms with Crippen LogP contribution in [0.25, 0.3) is 0 Å². The first kappa shape index (κ1) is 28.4. The van der Waals surface area contributed by atoms with Gasteiger partial charge in [0.15, 0.2) is 6.29 Å². The van der Waals surface area contributed by atoms with Crippen LogP contribution in [-0.4, -0.2) is 19.5 Å². The highest BCUT2D eigenvalue weighted by Gasteiger charge is 2.09. The molecule has 0 aliphatic heterocycles. The molecule has 0 saturated carbocycles. The van der Waals surface area contributed by atoms with Gasteiger partial charge >= 0.3 is 0 Å². The summed E-state index contributed by atoms with van der Waals surface area (Å²) in [5.74, 6) is 0. The summed E-state index contributed by atoms with van der Waals surface area (Å²) in [7, 11) is 0. The molecule has 0 rings (SSSR count). The van der Waals surface area contributed by atoms with Crippen molar-refractivity contribution in [2.24, 2.45) is 0 Å². The molecule has 0 aromatic heterocycles. The summed E-state index contributed by atoms with van der Waals surface area (Å²) < 4.78 is 11.8. The topological polar surface area (TPSA) is 42.2 Å². The second-order valence-electron chi connectivity index (χ2n) is 8.52. The first-order chi connectivity index (χ1) is 14.3. The fourth-order valence-corrected chi connectivity index (χ4v) is 3.65. The third-order valence-corrected chi connectivity index (χ3v) is 5.60. The van der Waals surface area contributed by atoms with Gasteiger partial charge in [0.1, 0.15) is 0 Å². The second-order valence-corrected chi connectivity index (χ2v) is 8.52. The normalized spacial score (nSPS) is 11.2. The third kappa shape index (κ3) is 23.6. The molecule has 0 atom stereocenters. The summed E-state index contributed by atoms with van der Waals surface area (Å²) in [6.07, 6.45) is 24.9. The number of rotatable bonds is 24. The van der Waals surface area contributed by atoms with Crippen molar-refractivity contribution >= 4 is 0 Å². The van der Waals surface area contributed by atoms with Crippen molar-refractivity contribution in [3.63, 3.8) is 0 Å². The maximum absolute atomic E-state index is 8.85. The van der Waals surface area contributed by atoms with Crippen LogP contribution in [0.15, 0.2) is 0 Å². The number of nitriles is 1. The summed E-state index contributed by atoms with van der Waals surface area (Å²) in [4.78, 5) is 0. The van der Waals surface area contributed by atoms with Gasteiger partial charge in [0, 0.05) is 26.1 Å². The monoisotopic (exact) mass is 409 g/mol. The molecule has 172 valence electrons. The van der Waals surface area contributed by atoms with E-state index in [1.165, 1.54) is 103 Å². The minimum absolute atomic E-state index is 0.183. The van der Waals surface area contributed by atoms with E-state index in [2.05, 4.69) is 19.9 Å². The van der Waals surface area contributed by atoms with E-state index in [0.29, 0.717) is 12.8 Å². The smallest absolute Gasteiger partial charge is 0.158 e. The van der Waals surface area contributed by atoms with E-state index < -0.39 is 0 Å². The van der Waals surface area contributed by atoms with E-state index in [9.17, 15) is 0 Å². The molecule has 0 fully saturated rings. The maximum Gasteiger partial charge on any atom is 0.158 e. The zero-order chi connectivity index (χ0) is 21.3. The summed E-state index contributed by atoms with van der Waals surface area (Å²) in [6.45, 7) is 6.07. The predicted molar refractivity (Wildman–Crippen MR) is 125 cm³/mol. The van der Waals surface area contributed by atoms with Crippen molar-refractivity contribution < 1.29 is 9.47 Å². The van der Waals surface area contributed by atoms with Crippen molar-refractivity contribution in [2.45, 2.75) is 149 Å². The van der Waals surface area contributed by atoms with Crippen molar-refractivity contribution in [1.82, 2.24) is 0 Å². The highest BCUT2D eigenvalue weighted by atomic mass is 16.7. The van der Waals surface area contributed by atoms with Crippen LogP contribution in [0.2, 0.25) is 0 Å². The largest absolute Gasteiger partial charge is 0.353 e. The molecule has 0 heterocycles. The zero-order valence-corrected chi connectivity index (χ0v) is 19.9. The highest BCUT2D eigenvalue weighted by Crippen LogP contribution is 2.13. The van der Waals surface area contributed by atoms with Crippen LogP contribution in [0.1, 0.15) is 142 Å². The van der Waals surface area contributed by atoms with Gasteiger partial charge in [-0.05, 0) is 12.8 Å². The Morgan fingerprint density at radius 1 is 0.552 bits per heavy atom. The van der Waals surface area contributed by atoms with Crippen LogP contribution < -0.4 is 0 Å². The van der Waals surface area contributed by atoms with Crippen LogP contribution in [0, 0.1) is 11.3 Å². The zero-order valence-electron chi connectivity index (χ0n) is 19.9. The minimum atomic E-state index is -0.183. The predicted octanol–water partition coefficient (Wildman–Crippen LogP) is 8.71. The van der Waals surface area contributed by atoms with Gasteiger partial charge in [0.05, 0.1) is 6.07 Å². The van der Waals surface area contributed by atoms with Crippen molar-refractivity contribution in [2.75, 3.05) is 13.2 Å². The van der Waals surface area contributed by atoms with E-state index in [-0.39, 0.29) is 6.29 Å². The van der Waals surface area contributed by atoms with Crippen LogP contribution in [-0.2, 0) is 9.47 Å². The van der Waals surface area contributed by atoms with E-state index in [0.717, 1.165) is 26.1 Å². The van der Waals surface area contributed by atoms with Gasteiger partial charge in [-0.2, -0.15) is 5.26 Å². The lowest BCUT2D eigenvalue weighted by molar-refractivity contribution is -0.146. The summed E-state index contributed by atoms with van der Waals surface area (Å²) in [5, 5.41) is 8.85. The van der Waals surface area contributed by atoms with Gasteiger partial charge in [-0.25, -0.2) is 0 Å². The molecule has 0 aliphatic carbocycles. The molecule has 0 saturated heterocycles.